The van der Waals surface area contributed by atoms with Crippen molar-refractivity contribution in [3.8, 4) is 5.75 Å². The van der Waals surface area contributed by atoms with Crippen molar-refractivity contribution in [1.29, 1.82) is 0 Å². The van der Waals surface area contributed by atoms with E-state index in [0.717, 1.165) is 12.8 Å². The van der Waals surface area contributed by atoms with Crippen LogP contribution in [0.15, 0.2) is 47.4 Å². The van der Waals surface area contributed by atoms with E-state index >= 15 is 0 Å². The van der Waals surface area contributed by atoms with Crippen LogP contribution in [-0.4, -0.2) is 45.8 Å². The van der Waals surface area contributed by atoms with E-state index in [4.69, 9.17) is 4.74 Å². The van der Waals surface area contributed by atoms with Gasteiger partial charge in [0.25, 0.3) is 10.0 Å². The summed E-state index contributed by atoms with van der Waals surface area (Å²) in [5.74, 6) is -1.39. The van der Waals surface area contributed by atoms with E-state index in [-0.39, 0.29) is 16.3 Å². The number of alkyl halides is 3. The maximum absolute atomic E-state index is 13.3. The molecule has 3 rings (SSSR count). The van der Waals surface area contributed by atoms with Gasteiger partial charge < -0.3 is 15.0 Å². The standard InChI is InChI=1S/C20H22F3N3O4S2/c1-30-17-7-3-2-6-15(17)25-32(28,29)18-12-14(24-19(27)13-31-20(21,22)23)8-9-16(18)26-10-4-5-11-26/h2-3,6-9,12,25H,4-5,10-11,13H2,1H3,(H,24,27). The number of para-hydroxylation sites is 2. The Morgan fingerprint density at radius 1 is 1.16 bits per heavy atom. The van der Waals surface area contributed by atoms with Gasteiger partial charge in [0.15, 0.2) is 0 Å². The van der Waals surface area contributed by atoms with E-state index in [1.165, 1.54) is 19.2 Å². The van der Waals surface area contributed by atoms with Crippen LogP contribution >= 0.6 is 11.8 Å². The number of benzene rings is 2. The van der Waals surface area contributed by atoms with Crippen LogP contribution in [0.3, 0.4) is 0 Å². The molecule has 0 bridgehead atoms. The third-order valence-corrected chi connectivity index (χ3v) is 6.83. The van der Waals surface area contributed by atoms with E-state index in [2.05, 4.69) is 10.0 Å². The molecule has 2 N–H and O–H groups in total. The van der Waals surface area contributed by atoms with Crippen molar-refractivity contribution in [3.63, 3.8) is 0 Å². The topological polar surface area (TPSA) is 87.7 Å². The number of methoxy groups -OCH3 is 1. The lowest BCUT2D eigenvalue weighted by Crippen LogP contribution is -2.23. The first-order chi connectivity index (χ1) is 15.1. The first-order valence-corrected chi connectivity index (χ1v) is 12.1. The Labute approximate surface area is 188 Å². The summed E-state index contributed by atoms with van der Waals surface area (Å²) in [6, 6.07) is 10.8. The summed E-state index contributed by atoms with van der Waals surface area (Å²) in [4.78, 5) is 13.7. The fourth-order valence-electron chi connectivity index (χ4n) is 3.30. The van der Waals surface area contributed by atoms with Crippen molar-refractivity contribution in [2.75, 3.05) is 40.9 Å². The number of carbonyl (C=O) groups is 1. The highest BCUT2D eigenvalue weighted by Crippen LogP contribution is 2.34. The molecule has 32 heavy (non-hydrogen) atoms. The fraction of sp³-hybridized carbons (Fsp3) is 0.350. The number of sulfonamides is 1. The molecule has 1 amide bonds. The predicted molar refractivity (Wildman–Crippen MR) is 119 cm³/mol. The van der Waals surface area contributed by atoms with Crippen molar-refractivity contribution >= 4 is 44.8 Å². The molecule has 1 heterocycles. The summed E-state index contributed by atoms with van der Waals surface area (Å²) in [5.41, 5.74) is -3.77. The SMILES string of the molecule is COc1ccccc1NS(=O)(=O)c1cc(NC(=O)CSC(F)(F)F)ccc1N1CCCC1. The highest BCUT2D eigenvalue weighted by atomic mass is 32.2. The summed E-state index contributed by atoms with van der Waals surface area (Å²) in [6.07, 6.45) is 1.82. The van der Waals surface area contributed by atoms with Gasteiger partial charge in [0.2, 0.25) is 5.91 Å². The van der Waals surface area contributed by atoms with Crippen LogP contribution in [0, 0.1) is 0 Å². The van der Waals surface area contributed by atoms with Crippen LogP contribution < -0.4 is 19.7 Å². The molecule has 0 saturated carbocycles. The molecule has 2 aromatic carbocycles. The van der Waals surface area contributed by atoms with Gasteiger partial charge in [-0.2, -0.15) is 13.2 Å². The molecule has 0 aliphatic carbocycles. The molecule has 0 aromatic heterocycles. The lowest BCUT2D eigenvalue weighted by Gasteiger charge is -2.23. The van der Waals surface area contributed by atoms with Gasteiger partial charge in [0.1, 0.15) is 10.6 Å². The first-order valence-electron chi connectivity index (χ1n) is 9.64. The van der Waals surface area contributed by atoms with Crippen molar-refractivity contribution in [1.82, 2.24) is 0 Å². The van der Waals surface area contributed by atoms with E-state index in [1.54, 1.807) is 30.3 Å². The minimum absolute atomic E-state index is 0.0844. The van der Waals surface area contributed by atoms with Gasteiger partial charge in [0.05, 0.1) is 24.2 Å². The van der Waals surface area contributed by atoms with Gasteiger partial charge in [-0.1, -0.05) is 12.1 Å². The molecule has 7 nitrogen and oxygen atoms in total. The Morgan fingerprint density at radius 2 is 1.84 bits per heavy atom. The highest BCUT2D eigenvalue weighted by molar-refractivity contribution is 8.00. The van der Waals surface area contributed by atoms with Crippen LogP contribution in [0.5, 0.6) is 5.75 Å². The third kappa shape index (κ3) is 6.22. The number of carbonyl (C=O) groups excluding carboxylic acids is 1. The number of nitrogens with one attached hydrogen (secondary N) is 2. The summed E-state index contributed by atoms with van der Waals surface area (Å²) in [5, 5.41) is 2.34. The van der Waals surface area contributed by atoms with Crippen LogP contribution in [0.2, 0.25) is 0 Å². The second kappa shape index (κ2) is 9.90. The number of amides is 1. The zero-order valence-electron chi connectivity index (χ0n) is 17.1. The number of hydrogen-bond donors (Lipinski definition) is 2. The highest BCUT2D eigenvalue weighted by Gasteiger charge is 2.30. The molecule has 0 radical (unpaired) electrons. The second-order valence-electron chi connectivity index (χ2n) is 6.97. The van der Waals surface area contributed by atoms with Crippen molar-refractivity contribution in [2.45, 2.75) is 23.2 Å². The Bertz CT molecular complexity index is 1070. The average molecular weight is 490 g/mol. The average Bonchev–Trinajstić information content (AvgIpc) is 3.27. The molecule has 1 aliphatic heterocycles. The molecular weight excluding hydrogens is 467 g/mol. The maximum atomic E-state index is 13.3. The lowest BCUT2D eigenvalue weighted by molar-refractivity contribution is -0.114. The maximum Gasteiger partial charge on any atom is 0.442 e. The molecule has 0 spiro atoms. The number of rotatable bonds is 8. The minimum Gasteiger partial charge on any atom is -0.495 e. The van der Waals surface area contributed by atoms with E-state index in [0.29, 0.717) is 24.5 Å². The zero-order valence-corrected chi connectivity index (χ0v) is 18.7. The third-order valence-electron chi connectivity index (χ3n) is 4.70. The molecule has 1 saturated heterocycles. The number of ether oxygens (including phenoxy) is 1. The quantitative estimate of drug-likeness (QED) is 0.575. The van der Waals surface area contributed by atoms with E-state index in [9.17, 15) is 26.4 Å². The normalized spacial score (nSPS) is 14.3. The van der Waals surface area contributed by atoms with Crippen molar-refractivity contribution in [2.24, 2.45) is 0 Å². The Morgan fingerprint density at radius 3 is 2.50 bits per heavy atom. The van der Waals surface area contributed by atoms with E-state index in [1.807, 2.05) is 4.90 Å². The molecule has 0 unspecified atom stereocenters. The number of halogens is 3. The number of thioether (sulfide) groups is 1. The number of anilines is 3. The fourth-order valence-corrected chi connectivity index (χ4v) is 4.99. The molecule has 2 aromatic rings. The molecular formula is C20H22F3N3O4S2. The number of nitrogens with zero attached hydrogens (tertiary/aromatic N) is 1. The summed E-state index contributed by atoms with van der Waals surface area (Å²) < 4.78 is 71.3. The van der Waals surface area contributed by atoms with Crippen LogP contribution in [0.4, 0.5) is 30.2 Å². The summed E-state index contributed by atoms with van der Waals surface area (Å²) in [7, 11) is -2.70. The van der Waals surface area contributed by atoms with Gasteiger partial charge in [-0.15, -0.1) is 0 Å². The van der Waals surface area contributed by atoms with Crippen LogP contribution in [0.25, 0.3) is 0 Å². The van der Waals surface area contributed by atoms with Crippen LogP contribution in [0.1, 0.15) is 12.8 Å². The predicted octanol–water partition coefficient (Wildman–Crippen LogP) is 4.29. The molecule has 174 valence electrons. The smallest absolute Gasteiger partial charge is 0.442 e. The zero-order chi connectivity index (χ0) is 23.4. The van der Waals surface area contributed by atoms with Crippen LogP contribution in [-0.2, 0) is 14.8 Å². The van der Waals surface area contributed by atoms with Gasteiger partial charge in [-0.25, -0.2) is 8.42 Å². The summed E-state index contributed by atoms with van der Waals surface area (Å²) in [6.45, 7) is 1.34. The molecule has 0 atom stereocenters. The van der Waals surface area contributed by atoms with Gasteiger partial charge in [0, 0.05) is 18.8 Å². The summed E-state index contributed by atoms with van der Waals surface area (Å²) >= 11 is -0.465. The van der Waals surface area contributed by atoms with Gasteiger partial charge in [-0.3, -0.25) is 9.52 Å². The van der Waals surface area contributed by atoms with Crippen molar-refractivity contribution in [3.05, 3.63) is 42.5 Å². The lowest BCUT2D eigenvalue weighted by atomic mass is 10.2. The Hall–Kier alpha value is -2.60. The monoisotopic (exact) mass is 489 g/mol. The van der Waals surface area contributed by atoms with Gasteiger partial charge in [-0.05, 0) is 54.9 Å². The molecule has 1 aliphatic rings. The van der Waals surface area contributed by atoms with Gasteiger partial charge >= 0.3 is 5.51 Å². The van der Waals surface area contributed by atoms with Crippen molar-refractivity contribution < 1.29 is 31.1 Å². The first kappa shape index (κ1) is 24.1. The second-order valence-corrected chi connectivity index (χ2v) is 9.66. The Balaban J connectivity index is 1.92. The Kier molecular flexibility index (Phi) is 7.44. The molecule has 12 heteroatoms. The van der Waals surface area contributed by atoms with E-state index < -0.39 is 39.0 Å². The minimum atomic E-state index is -4.54. The number of hydrogen-bond acceptors (Lipinski definition) is 6. The molecule has 1 fully saturated rings. The largest absolute Gasteiger partial charge is 0.495 e.